The van der Waals surface area contributed by atoms with Gasteiger partial charge in [0, 0.05) is 7.11 Å². The van der Waals surface area contributed by atoms with E-state index in [2.05, 4.69) is 37.5 Å². The molecule has 0 radical (unpaired) electrons. The van der Waals surface area contributed by atoms with Crippen molar-refractivity contribution in [1.29, 1.82) is 0 Å². The Kier molecular flexibility index (Phi) is 83.2. The van der Waals surface area contributed by atoms with Crippen LogP contribution in [0.25, 0.3) is 4.72 Å². The van der Waals surface area contributed by atoms with Gasteiger partial charge in [0.25, 0.3) is 0 Å². The Bertz CT molecular complexity index is 2460. The number of carbonyl (C=O) groups is 5. The summed E-state index contributed by atoms with van der Waals surface area (Å²) in [4.78, 5) is 57.4. The third kappa shape index (κ3) is 77.0. The summed E-state index contributed by atoms with van der Waals surface area (Å²) in [5.41, 5.74) is -4.87. The zero-order chi connectivity index (χ0) is 85.1. The zero-order valence-electron chi connectivity index (χ0n) is 72.1. The van der Waals surface area contributed by atoms with Gasteiger partial charge < -0.3 is 113 Å². The summed E-state index contributed by atoms with van der Waals surface area (Å²) in [5.74, 6) is -2.01. The standard InChI is InChI=1S/C30H58O13.C22H44O10.C13H30O3Si2.C12H14F3NO3S.K/c1-5-27(3)29(31)42-25-23-40-21-19-38-17-15-36-13-11-34-9-7-33-8-10-35-12-14-37-16-18-39-20-22-41-24-26-43-30(32)28(4)6-2;1-4-21(2)22(23)32-20-19-31-18-17-30-16-15-29-14-13-28-12-11-27-10-9-26-8-7-25-6-5-24-3;1-8-12(2)13(14)15-10-9-11-18(6,7)16-17(3,4)5;1-3-8(2)9-4-6-10(7-5-9)11(17)16-20(18,19)12(13,14)15;/h27-28H,5-26H2,1-4H3;21H,4-20H2,1-3H3;12H,8-11H2,1-7H3;4-8H,3H2,1-2H3,(H,16,17);/q;;;;+1/p-1. The van der Waals surface area contributed by atoms with Gasteiger partial charge in [-0.1, -0.05) is 93.5 Å². The molecule has 1 amide bonds. The molecule has 0 spiro atoms. The van der Waals surface area contributed by atoms with Crippen molar-refractivity contribution in [3.8, 4) is 0 Å². The van der Waals surface area contributed by atoms with Crippen molar-refractivity contribution in [1.82, 2.24) is 0 Å². The van der Waals surface area contributed by atoms with Gasteiger partial charge in [0.15, 0.2) is 26.7 Å². The first kappa shape index (κ1) is 118. The molecule has 0 aliphatic heterocycles. The second kappa shape index (κ2) is 80.4. The Labute approximate surface area is 724 Å². The van der Waals surface area contributed by atoms with E-state index in [9.17, 15) is 45.6 Å². The summed E-state index contributed by atoms with van der Waals surface area (Å²) in [5, 5.41) is 0. The van der Waals surface area contributed by atoms with E-state index in [4.69, 9.17) is 104 Å². The third-order valence-electron chi connectivity index (χ3n) is 15.7. The molecule has 114 heavy (non-hydrogen) atoms. The molecule has 0 aromatic heterocycles. The van der Waals surface area contributed by atoms with Crippen LogP contribution in [0.2, 0.25) is 38.8 Å². The summed E-state index contributed by atoms with van der Waals surface area (Å²) in [6, 6.07) is 6.72. The van der Waals surface area contributed by atoms with Crippen LogP contribution in [0.3, 0.4) is 0 Å². The summed E-state index contributed by atoms with van der Waals surface area (Å²) < 4.78 is 178. The van der Waals surface area contributed by atoms with Gasteiger partial charge in [-0.15, -0.1) is 0 Å². The molecule has 668 valence electrons. The largest absolute Gasteiger partial charge is 1.00 e. The molecule has 1 aromatic carbocycles. The number of amides is 1. The van der Waals surface area contributed by atoms with Crippen molar-refractivity contribution < 1.29 is 201 Å². The molecule has 0 N–H and O–H groups in total. The molecular formula is C77H145F3KNO29SSi2. The number of benzene rings is 1. The van der Waals surface area contributed by atoms with Crippen LogP contribution in [0.5, 0.6) is 0 Å². The first-order chi connectivity index (χ1) is 53.9. The smallest absolute Gasteiger partial charge is 0.534 e. The molecule has 0 bridgehead atoms. The van der Waals surface area contributed by atoms with E-state index in [1.165, 1.54) is 12.1 Å². The van der Waals surface area contributed by atoms with Crippen LogP contribution in [0.15, 0.2) is 24.3 Å². The molecule has 0 fully saturated rings. The van der Waals surface area contributed by atoms with Gasteiger partial charge in [-0.25, -0.2) is 8.42 Å². The van der Waals surface area contributed by atoms with Crippen LogP contribution in [0, 0.1) is 23.7 Å². The van der Waals surface area contributed by atoms with Crippen LogP contribution in [0.1, 0.15) is 130 Å². The molecule has 0 aliphatic rings. The summed E-state index contributed by atoms with van der Waals surface area (Å²) in [6.45, 7) is 47.8. The van der Waals surface area contributed by atoms with Crippen molar-refractivity contribution in [3.05, 3.63) is 40.1 Å². The van der Waals surface area contributed by atoms with E-state index >= 15 is 0 Å². The first-order valence-corrected chi connectivity index (χ1v) is 47.6. The van der Waals surface area contributed by atoms with Crippen molar-refractivity contribution in [2.45, 2.75) is 158 Å². The molecule has 30 nitrogen and oxygen atoms in total. The number of alkyl halides is 3. The van der Waals surface area contributed by atoms with Gasteiger partial charge in [0.1, 0.15) is 19.8 Å². The summed E-state index contributed by atoms with van der Waals surface area (Å²) in [7, 11) is -7.18. The van der Waals surface area contributed by atoms with E-state index in [1.807, 2.05) is 69.2 Å². The zero-order valence-corrected chi connectivity index (χ0v) is 78.1. The fourth-order valence-electron chi connectivity index (χ4n) is 8.22. The summed E-state index contributed by atoms with van der Waals surface area (Å²) in [6.07, 6.45) is 4.94. The minimum Gasteiger partial charge on any atom is -0.534 e. The maximum atomic E-state index is 12.1. The van der Waals surface area contributed by atoms with E-state index in [0.29, 0.717) is 225 Å². The number of carbonyl (C=O) groups excluding carboxylic acids is 5. The predicted molar refractivity (Wildman–Crippen MR) is 426 cm³/mol. The van der Waals surface area contributed by atoms with Crippen LogP contribution in [0.4, 0.5) is 13.2 Å². The van der Waals surface area contributed by atoms with E-state index in [0.717, 1.165) is 50.1 Å². The van der Waals surface area contributed by atoms with Crippen molar-refractivity contribution in [3.63, 3.8) is 0 Å². The fraction of sp³-hybridized carbons (Fsp3) is 0.857. The molecule has 5 unspecified atom stereocenters. The predicted octanol–water partition coefficient (Wildman–Crippen LogP) is 8.24. The second-order valence-corrected chi connectivity index (χ2v) is 37.7. The number of esters is 4. The molecule has 0 saturated heterocycles. The van der Waals surface area contributed by atoms with Crippen LogP contribution in [-0.4, -0.2) is 312 Å². The number of rotatable bonds is 72. The number of hydrogen-bond donors (Lipinski definition) is 0. The molecule has 1 aromatic rings. The molecular weight excluding hydrogens is 1590 g/mol. The molecule has 0 aliphatic carbocycles. The second-order valence-electron chi connectivity index (χ2n) is 27.0. The Balaban J connectivity index is -0.000000748. The van der Waals surface area contributed by atoms with Crippen molar-refractivity contribution in [2.75, 3.05) is 252 Å². The summed E-state index contributed by atoms with van der Waals surface area (Å²) >= 11 is 0. The average molecular weight is 1730 g/mol. The van der Waals surface area contributed by atoms with Crippen LogP contribution >= 0.6 is 0 Å². The SMILES string of the molecule is CCC(C)C(=O)OCCC[Si](C)(C)O[Si](C)(C)C.CCC(C)C(=O)OCCOCCOCCOCCOCCOCCOCCOCCOC.CCC(C)C(=O)OCCOCCOCCOCCOCCOCCOCCOCCOCCOCCOC(=O)C(C)CC.CCC(C)c1ccc(C(=O)[N-]S(=O)(=O)C(F)(F)F)cc1.[K+]. The van der Waals surface area contributed by atoms with E-state index in [-0.39, 0.29) is 130 Å². The average Bonchev–Trinajstić information content (AvgIpc) is 0.821. The maximum Gasteiger partial charge on any atom is 1.00 e. The van der Waals surface area contributed by atoms with Gasteiger partial charge in [-0.05, 0) is 94.3 Å². The Hall–Kier alpha value is -2.34. The van der Waals surface area contributed by atoms with Gasteiger partial charge in [0.2, 0.25) is 0 Å². The molecule has 1 rings (SSSR count). The monoisotopic (exact) mass is 1730 g/mol. The van der Waals surface area contributed by atoms with Gasteiger partial charge in [-0.2, -0.15) is 13.2 Å². The number of methoxy groups -OCH3 is 1. The molecule has 37 heteroatoms. The Morgan fingerprint density at radius 3 is 0.781 bits per heavy atom. The number of nitrogens with zero attached hydrogens (tertiary/aromatic N) is 1. The number of ether oxygens (including phenoxy) is 21. The molecule has 5 atom stereocenters. The van der Waals surface area contributed by atoms with Crippen LogP contribution < -0.4 is 51.4 Å². The Morgan fingerprint density at radius 2 is 0.579 bits per heavy atom. The number of halogens is 3. The minimum atomic E-state index is -5.80. The van der Waals surface area contributed by atoms with Crippen LogP contribution in [-0.2, 0) is 133 Å². The fourth-order valence-corrected chi connectivity index (χ4v) is 16.7. The Morgan fingerprint density at radius 1 is 0.360 bits per heavy atom. The topological polar surface area (TPSA) is 337 Å². The van der Waals surface area contributed by atoms with Crippen molar-refractivity contribution >= 4 is 56.4 Å². The molecule has 0 saturated carbocycles. The maximum absolute atomic E-state index is 12.1. The normalized spacial score (nSPS) is 12.9. The first-order valence-electron chi connectivity index (χ1n) is 39.7. The quantitative estimate of drug-likeness (QED) is 0.0256. The molecule has 0 heterocycles. The van der Waals surface area contributed by atoms with Gasteiger partial charge in [0.05, 0.1) is 254 Å². The number of hydrogen-bond acceptors (Lipinski definition) is 29. The van der Waals surface area contributed by atoms with E-state index < -0.39 is 38.1 Å². The van der Waals surface area contributed by atoms with Gasteiger partial charge in [-0.3, -0.25) is 19.2 Å². The minimum absolute atomic E-state index is 0. The van der Waals surface area contributed by atoms with Crippen molar-refractivity contribution in [2.24, 2.45) is 23.7 Å². The van der Waals surface area contributed by atoms with Gasteiger partial charge >= 0.3 is 80.8 Å². The number of sulfonamides is 1. The third-order valence-corrected chi connectivity index (χ3v) is 22.9. The van der Waals surface area contributed by atoms with E-state index in [1.54, 1.807) is 19.2 Å².